The summed E-state index contributed by atoms with van der Waals surface area (Å²) in [5, 5.41) is 7.47. The summed E-state index contributed by atoms with van der Waals surface area (Å²) < 4.78 is 13.8. The van der Waals surface area contributed by atoms with Crippen LogP contribution in [0.3, 0.4) is 0 Å². The van der Waals surface area contributed by atoms with Crippen LogP contribution in [0.4, 0.5) is 21.5 Å². The molecule has 0 radical (unpaired) electrons. The lowest BCUT2D eigenvalue weighted by atomic mass is 9.84. The molecule has 3 heteroatoms. The second-order valence-corrected chi connectivity index (χ2v) is 12.5. The van der Waals surface area contributed by atoms with E-state index in [4.69, 9.17) is 0 Å². The number of hydrogen-bond donors (Lipinski definition) is 0. The van der Waals surface area contributed by atoms with Gasteiger partial charge in [0.2, 0.25) is 0 Å². The topological polar surface area (TPSA) is 16.1 Å². The van der Waals surface area contributed by atoms with E-state index in [1.807, 2.05) is 12.1 Å². The van der Waals surface area contributed by atoms with Crippen molar-refractivity contribution in [3.8, 4) is 33.4 Å². The van der Waals surface area contributed by atoms with Crippen LogP contribution in [-0.2, 0) is 0 Å². The Morgan fingerprint density at radius 1 is 0.360 bits per heavy atom. The summed E-state index contributed by atoms with van der Waals surface area (Å²) in [5.74, 6) is -0.260. The van der Waals surface area contributed by atoms with Crippen LogP contribution in [0.1, 0.15) is 0 Å². The highest BCUT2D eigenvalue weighted by molar-refractivity contribution is 6.23. The molecule has 0 aliphatic rings. The van der Waals surface area contributed by atoms with E-state index in [1.165, 1.54) is 66.7 Å². The normalized spacial score (nSPS) is 11.3. The minimum atomic E-state index is -0.260. The fraction of sp³-hybridized carbons (Fsp3) is 0. The number of halogens is 1. The molecule has 50 heavy (non-hydrogen) atoms. The lowest BCUT2D eigenvalue weighted by Crippen LogP contribution is -2.09. The van der Waals surface area contributed by atoms with Crippen LogP contribution in [0.5, 0.6) is 0 Å². The Morgan fingerprint density at radius 2 is 0.800 bits per heavy atom. The Labute approximate surface area is 290 Å². The number of benzene rings is 8. The summed E-state index contributed by atoms with van der Waals surface area (Å²) in [6.45, 7) is 0. The molecule has 2 nitrogen and oxygen atoms in total. The molecule has 0 saturated heterocycles. The zero-order valence-electron chi connectivity index (χ0n) is 27.2. The molecule has 1 aromatic heterocycles. The first-order chi connectivity index (χ1) is 24.7. The van der Waals surface area contributed by atoms with Gasteiger partial charge < -0.3 is 4.90 Å². The molecule has 236 valence electrons. The van der Waals surface area contributed by atoms with E-state index in [2.05, 4.69) is 149 Å². The fourth-order valence-corrected chi connectivity index (χ4v) is 7.34. The van der Waals surface area contributed by atoms with Gasteiger partial charge in [-0.2, -0.15) is 0 Å². The highest BCUT2D eigenvalue weighted by Crippen LogP contribution is 2.45. The van der Waals surface area contributed by atoms with Crippen LogP contribution in [0.15, 0.2) is 188 Å². The lowest BCUT2D eigenvalue weighted by Gasteiger charge is -2.25. The van der Waals surface area contributed by atoms with Crippen molar-refractivity contribution < 1.29 is 4.39 Å². The maximum Gasteiger partial charge on any atom is 0.123 e. The van der Waals surface area contributed by atoms with Gasteiger partial charge in [-0.3, -0.25) is 4.98 Å². The first kappa shape index (κ1) is 29.6. The summed E-state index contributed by atoms with van der Waals surface area (Å²) in [5.41, 5.74) is 10.0. The number of nitrogens with zero attached hydrogens (tertiary/aromatic N) is 2. The molecule has 0 fully saturated rings. The van der Waals surface area contributed by atoms with Gasteiger partial charge in [0, 0.05) is 29.5 Å². The molecule has 0 N–H and O–H groups in total. The van der Waals surface area contributed by atoms with Gasteiger partial charge in [-0.1, -0.05) is 127 Å². The van der Waals surface area contributed by atoms with Gasteiger partial charge >= 0.3 is 0 Å². The van der Waals surface area contributed by atoms with Crippen molar-refractivity contribution in [2.75, 3.05) is 4.90 Å². The molecule has 9 rings (SSSR count). The van der Waals surface area contributed by atoms with Gasteiger partial charge in [-0.05, 0) is 114 Å². The zero-order chi connectivity index (χ0) is 33.4. The van der Waals surface area contributed by atoms with Crippen molar-refractivity contribution in [2.45, 2.75) is 0 Å². The Hall–Kier alpha value is -6.58. The third kappa shape index (κ3) is 5.17. The number of hydrogen-bond acceptors (Lipinski definition) is 2. The highest BCUT2D eigenvalue weighted by atomic mass is 19.1. The predicted octanol–water partition coefficient (Wildman–Crippen LogP) is 13.2. The highest BCUT2D eigenvalue weighted by Gasteiger charge is 2.18. The Kier molecular flexibility index (Phi) is 7.37. The summed E-state index contributed by atoms with van der Waals surface area (Å²) in [7, 11) is 0. The van der Waals surface area contributed by atoms with Gasteiger partial charge in [-0.15, -0.1) is 0 Å². The molecule has 0 spiro atoms. The molecule has 0 aliphatic carbocycles. The lowest BCUT2D eigenvalue weighted by molar-refractivity contribution is 0.628. The molecule has 0 saturated carbocycles. The molecule has 0 unspecified atom stereocenters. The van der Waals surface area contributed by atoms with Gasteiger partial charge in [0.05, 0.1) is 0 Å². The van der Waals surface area contributed by atoms with Crippen LogP contribution < -0.4 is 4.90 Å². The SMILES string of the molecule is Fc1ccc(N(c2ccncc2)c2ccc(-c3ccc(-c4c5ccccc5c(-c5cccc6ccccc56)c5ccccc45)cc3)cc2)cc1. The standard InChI is InChI=1S/C47H31FN2/c48-36-22-26-38(27-23-36)50(39-28-30-49-31-29-39)37-24-20-33(21-25-37)32-16-18-35(19-17-32)46-42-11-3-5-13-44(42)47(45-14-6-4-12-43(45)46)41-15-7-9-34-8-1-2-10-40(34)41/h1-31H. The van der Waals surface area contributed by atoms with E-state index in [0.717, 1.165) is 28.2 Å². The van der Waals surface area contributed by atoms with Crippen molar-refractivity contribution in [3.05, 3.63) is 194 Å². The average molecular weight is 643 g/mol. The minimum absolute atomic E-state index is 0.260. The number of pyridine rings is 1. The summed E-state index contributed by atoms with van der Waals surface area (Å²) in [6, 6.07) is 60.8. The second kappa shape index (κ2) is 12.5. The van der Waals surface area contributed by atoms with Crippen molar-refractivity contribution >= 4 is 49.4 Å². The van der Waals surface area contributed by atoms with E-state index in [1.54, 1.807) is 24.5 Å². The molecule has 0 bridgehead atoms. The summed E-state index contributed by atoms with van der Waals surface area (Å²) >= 11 is 0. The molecule has 8 aromatic carbocycles. The number of fused-ring (bicyclic) bond motifs is 3. The van der Waals surface area contributed by atoms with Crippen molar-refractivity contribution in [3.63, 3.8) is 0 Å². The quantitative estimate of drug-likeness (QED) is 0.168. The largest absolute Gasteiger partial charge is 0.310 e. The third-order valence-corrected chi connectivity index (χ3v) is 9.63. The maximum absolute atomic E-state index is 13.8. The number of aromatic nitrogens is 1. The van der Waals surface area contributed by atoms with Crippen LogP contribution in [-0.4, -0.2) is 4.98 Å². The first-order valence-electron chi connectivity index (χ1n) is 16.8. The summed E-state index contributed by atoms with van der Waals surface area (Å²) in [4.78, 5) is 6.29. The van der Waals surface area contributed by atoms with E-state index in [0.29, 0.717) is 0 Å². The number of rotatable bonds is 6. The predicted molar refractivity (Wildman–Crippen MR) is 208 cm³/mol. The number of anilines is 3. The summed E-state index contributed by atoms with van der Waals surface area (Å²) in [6.07, 6.45) is 3.54. The van der Waals surface area contributed by atoms with Crippen LogP contribution in [0, 0.1) is 5.82 Å². The Morgan fingerprint density at radius 3 is 1.40 bits per heavy atom. The first-order valence-corrected chi connectivity index (χ1v) is 16.8. The molecule has 0 amide bonds. The molecule has 1 heterocycles. The smallest absolute Gasteiger partial charge is 0.123 e. The van der Waals surface area contributed by atoms with E-state index in [-0.39, 0.29) is 5.82 Å². The van der Waals surface area contributed by atoms with Gasteiger partial charge in [-0.25, -0.2) is 4.39 Å². The van der Waals surface area contributed by atoms with Crippen LogP contribution >= 0.6 is 0 Å². The van der Waals surface area contributed by atoms with Gasteiger partial charge in [0.15, 0.2) is 0 Å². The Bertz CT molecular complexity index is 2570. The monoisotopic (exact) mass is 642 g/mol. The Balaban J connectivity index is 1.13. The van der Waals surface area contributed by atoms with Crippen LogP contribution in [0.25, 0.3) is 65.7 Å². The second-order valence-electron chi connectivity index (χ2n) is 12.5. The van der Waals surface area contributed by atoms with E-state index < -0.39 is 0 Å². The maximum atomic E-state index is 13.8. The van der Waals surface area contributed by atoms with Gasteiger partial charge in [0.25, 0.3) is 0 Å². The molecular formula is C47H31FN2. The van der Waals surface area contributed by atoms with E-state index in [9.17, 15) is 4.39 Å². The van der Waals surface area contributed by atoms with Crippen LogP contribution in [0.2, 0.25) is 0 Å². The van der Waals surface area contributed by atoms with Crippen molar-refractivity contribution in [1.29, 1.82) is 0 Å². The van der Waals surface area contributed by atoms with Crippen molar-refractivity contribution in [1.82, 2.24) is 4.98 Å². The minimum Gasteiger partial charge on any atom is -0.310 e. The molecule has 0 atom stereocenters. The van der Waals surface area contributed by atoms with Gasteiger partial charge in [0.1, 0.15) is 5.82 Å². The zero-order valence-corrected chi connectivity index (χ0v) is 27.2. The third-order valence-electron chi connectivity index (χ3n) is 9.63. The van der Waals surface area contributed by atoms with Crippen molar-refractivity contribution in [2.24, 2.45) is 0 Å². The average Bonchev–Trinajstić information content (AvgIpc) is 3.18. The fourth-order valence-electron chi connectivity index (χ4n) is 7.34. The molecule has 9 aromatic rings. The molecular weight excluding hydrogens is 612 g/mol. The van der Waals surface area contributed by atoms with E-state index >= 15 is 0 Å². The molecule has 0 aliphatic heterocycles.